The van der Waals surface area contributed by atoms with Gasteiger partial charge in [-0.05, 0) is 32.4 Å². The standard InChI is InChI=1S/C18H30N2O/c1-5-17(20-12-14(3)21-15(4)13-20)18(19-6-2)16-10-8-7-9-11-16/h7-11,14-15,17-19H,5-6,12-13H2,1-4H3/t14-,15+,17?,18?. The van der Waals surface area contributed by atoms with Gasteiger partial charge in [0.2, 0.25) is 0 Å². The summed E-state index contributed by atoms with van der Waals surface area (Å²) in [5, 5.41) is 3.69. The van der Waals surface area contributed by atoms with E-state index in [1.54, 1.807) is 0 Å². The van der Waals surface area contributed by atoms with E-state index in [-0.39, 0.29) is 0 Å². The lowest BCUT2D eigenvalue weighted by molar-refractivity contribution is -0.0849. The van der Waals surface area contributed by atoms with Gasteiger partial charge in [0.25, 0.3) is 0 Å². The highest BCUT2D eigenvalue weighted by Gasteiger charge is 2.32. The van der Waals surface area contributed by atoms with Crippen LogP contribution in [0.4, 0.5) is 0 Å². The average molecular weight is 290 g/mol. The highest BCUT2D eigenvalue weighted by molar-refractivity contribution is 5.21. The van der Waals surface area contributed by atoms with Crippen molar-refractivity contribution in [3.8, 4) is 0 Å². The molecule has 0 saturated carbocycles. The molecule has 0 aliphatic carbocycles. The zero-order chi connectivity index (χ0) is 15.2. The molecule has 0 bridgehead atoms. The van der Waals surface area contributed by atoms with Gasteiger partial charge < -0.3 is 10.1 Å². The molecule has 4 atom stereocenters. The molecule has 3 nitrogen and oxygen atoms in total. The van der Waals surface area contributed by atoms with E-state index < -0.39 is 0 Å². The van der Waals surface area contributed by atoms with E-state index in [4.69, 9.17) is 4.74 Å². The summed E-state index contributed by atoms with van der Waals surface area (Å²) in [4.78, 5) is 2.61. The van der Waals surface area contributed by atoms with Gasteiger partial charge in [0.05, 0.1) is 12.2 Å². The van der Waals surface area contributed by atoms with Crippen LogP contribution in [-0.4, -0.2) is 42.8 Å². The van der Waals surface area contributed by atoms with Crippen LogP contribution in [0.3, 0.4) is 0 Å². The smallest absolute Gasteiger partial charge is 0.0678 e. The van der Waals surface area contributed by atoms with Crippen LogP contribution in [0.25, 0.3) is 0 Å². The Labute approximate surface area is 129 Å². The first-order valence-corrected chi connectivity index (χ1v) is 8.33. The molecule has 1 aliphatic rings. The Bertz CT molecular complexity index is 399. The lowest BCUT2D eigenvalue weighted by atomic mass is 9.94. The zero-order valence-electron chi connectivity index (χ0n) is 13.9. The Balaban J connectivity index is 2.19. The third-order valence-corrected chi connectivity index (χ3v) is 4.30. The van der Waals surface area contributed by atoms with Gasteiger partial charge in [0.1, 0.15) is 0 Å². The second-order valence-corrected chi connectivity index (χ2v) is 6.13. The normalized spacial score (nSPS) is 26.5. The van der Waals surface area contributed by atoms with Gasteiger partial charge >= 0.3 is 0 Å². The molecular formula is C18H30N2O. The molecule has 1 aliphatic heterocycles. The molecule has 1 heterocycles. The number of likely N-dealkylation sites (N-methyl/N-ethyl adjacent to an activating group) is 1. The molecule has 21 heavy (non-hydrogen) atoms. The van der Waals surface area contributed by atoms with Crippen LogP contribution in [0.15, 0.2) is 30.3 Å². The molecule has 2 rings (SSSR count). The number of nitrogens with one attached hydrogen (secondary N) is 1. The molecule has 0 spiro atoms. The van der Waals surface area contributed by atoms with Crippen molar-refractivity contribution in [2.24, 2.45) is 0 Å². The Morgan fingerprint density at radius 3 is 2.29 bits per heavy atom. The van der Waals surface area contributed by atoms with Crippen molar-refractivity contribution in [2.45, 2.75) is 58.4 Å². The lowest BCUT2D eigenvalue weighted by Crippen LogP contribution is -2.53. The van der Waals surface area contributed by atoms with Gasteiger partial charge in [-0.1, -0.05) is 44.2 Å². The maximum absolute atomic E-state index is 5.89. The molecule has 1 N–H and O–H groups in total. The monoisotopic (exact) mass is 290 g/mol. The fraction of sp³-hybridized carbons (Fsp3) is 0.667. The molecule has 1 saturated heterocycles. The third-order valence-electron chi connectivity index (χ3n) is 4.30. The molecule has 3 heteroatoms. The molecule has 0 aromatic heterocycles. The van der Waals surface area contributed by atoms with Crippen molar-refractivity contribution in [2.75, 3.05) is 19.6 Å². The number of hydrogen-bond donors (Lipinski definition) is 1. The molecule has 0 amide bonds. The summed E-state index contributed by atoms with van der Waals surface area (Å²) in [6.45, 7) is 11.9. The third kappa shape index (κ3) is 4.29. The summed E-state index contributed by atoms with van der Waals surface area (Å²) in [5.41, 5.74) is 1.39. The number of ether oxygens (including phenoxy) is 1. The van der Waals surface area contributed by atoms with Crippen LogP contribution < -0.4 is 5.32 Å². The second-order valence-electron chi connectivity index (χ2n) is 6.13. The SMILES string of the molecule is CCNC(c1ccccc1)C(CC)N1C[C@@H](C)O[C@@H](C)C1. The first-order chi connectivity index (χ1) is 10.2. The van der Waals surface area contributed by atoms with Gasteiger partial charge in [-0.25, -0.2) is 0 Å². The maximum Gasteiger partial charge on any atom is 0.0678 e. The van der Waals surface area contributed by atoms with Gasteiger partial charge in [-0.3, -0.25) is 4.90 Å². The summed E-state index contributed by atoms with van der Waals surface area (Å²) in [7, 11) is 0. The van der Waals surface area contributed by atoms with E-state index >= 15 is 0 Å². The number of hydrogen-bond acceptors (Lipinski definition) is 3. The predicted octanol–water partition coefficient (Wildman–Crippen LogP) is 3.23. The highest BCUT2D eigenvalue weighted by atomic mass is 16.5. The van der Waals surface area contributed by atoms with Gasteiger partial charge in [-0.15, -0.1) is 0 Å². The van der Waals surface area contributed by atoms with Crippen molar-refractivity contribution in [3.05, 3.63) is 35.9 Å². The van der Waals surface area contributed by atoms with E-state index in [0.717, 1.165) is 26.1 Å². The molecule has 2 unspecified atom stereocenters. The minimum absolute atomic E-state index is 0.320. The number of rotatable bonds is 6. The Morgan fingerprint density at radius 2 is 1.76 bits per heavy atom. The number of nitrogens with zero attached hydrogens (tertiary/aromatic N) is 1. The van der Waals surface area contributed by atoms with E-state index in [2.05, 4.69) is 68.2 Å². The fourth-order valence-corrected chi connectivity index (χ4v) is 3.55. The average Bonchev–Trinajstić information content (AvgIpc) is 2.47. The minimum atomic E-state index is 0.320. The van der Waals surface area contributed by atoms with Crippen molar-refractivity contribution in [3.63, 3.8) is 0 Å². The lowest BCUT2D eigenvalue weighted by Gasteiger charge is -2.43. The van der Waals surface area contributed by atoms with Crippen LogP contribution >= 0.6 is 0 Å². The highest BCUT2D eigenvalue weighted by Crippen LogP contribution is 2.26. The van der Waals surface area contributed by atoms with E-state index in [0.29, 0.717) is 24.3 Å². The van der Waals surface area contributed by atoms with E-state index in [1.165, 1.54) is 5.56 Å². The number of morpholine rings is 1. The second kappa shape index (κ2) is 7.92. The molecule has 1 aromatic rings. The van der Waals surface area contributed by atoms with Crippen molar-refractivity contribution >= 4 is 0 Å². The van der Waals surface area contributed by atoms with Crippen LogP contribution in [0, 0.1) is 0 Å². The Hall–Kier alpha value is -0.900. The van der Waals surface area contributed by atoms with Gasteiger partial charge in [-0.2, -0.15) is 0 Å². The zero-order valence-corrected chi connectivity index (χ0v) is 13.9. The van der Waals surface area contributed by atoms with Crippen molar-refractivity contribution < 1.29 is 4.74 Å². The molecule has 0 radical (unpaired) electrons. The summed E-state index contributed by atoms with van der Waals surface area (Å²) in [6, 6.07) is 11.7. The minimum Gasteiger partial charge on any atom is -0.373 e. The maximum atomic E-state index is 5.89. The number of benzene rings is 1. The van der Waals surface area contributed by atoms with Crippen LogP contribution in [0.5, 0.6) is 0 Å². The Kier molecular flexibility index (Phi) is 6.22. The van der Waals surface area contributed by atoms with Crippen LogP contribution in [0.1, 0.15) is 45.7 Å². The quantitative estimate of drug-likeness (QED) is 0.870. The topological polar surface area (TPSA) is 24.5 Å². The van der Waals surface area contributed by atoms with E-state index in [1.807, 2.05) is 0 Å². The summed E-state index contributed by atoms with van der Waals surface area (Å²) in [6.07, 6.45) is 1.79. The molecular weight excluding hydrogens is 260 g/mol. The van der Waals surface area contributed by atoms with Crippen molar-refractivity contribution in [1.29, 1.82) is 0 Å². The van der Waals surface area contributed by atoms with Crippen LogP contribution in [-0.2, 0) is 4.74 Å². The molecule has 1 aromatic carbocycles. The largest absolute Gasteiger partial charge is 0.373 e. The Morgan fingerprint density at radius 1 is 1.14 bits per heavy atom. The predicted molar refractivity (Wildman–Crippen MR) is 88.5 cm³/mol. The molecule has 118 valence electrons. The fourth-order valence-electron chi connectivity index (χ4n) is 3.55. The van der Waals surface area contributed by atoms with Crippen molar-refractivity contribution in [1.82, 2.24) is 10.2 Å². The summed E-state index contributed by atoms with van der Waals surface area (Å²) in [5.74, 6) is 0. The van der Waals surface area contributed by atoms with E-state index in [9.17, 15) is 0 Å². The molecule has 1 fully saturated rings. The first-order valence-electron chi connectivity index (χ1n) is 8.33. The summed E-state index contributed by atoms with van der Waals surface area (Å²) >= 11 is 0. The summed E-state index contributed by atoms with van der Waals surface area (Å²) < 4.78 is 5.89. The van der Waals surface area contributed by atoms with Crippen LogP contribution in [0.2, 0.25) is 0 Å². The van der Waals surface area contributed by atoms with Gasteiger partial charge in [0.15, 0.2) is 0 Å². The first kappa shape index (κ1) is 16.5. The van der Waals surface area contributed by atoms with Gasteiger partial charge in [0, 0.05) is 25.2 Å².